The van der Waals surface area contributed by atoms with Gasteiger partial charge < -0.3 is 9.64 Å². The predicted molar refractivity (Wildman–Crippen MR) is 75.1 cm³/mol. The number of hydrogen-bond acceptors (Lipinski definition) is 4. The smallest absolute Gasteiger partial charge is 0.306 e. The Bertz CT molecular complexity index is 354. The van der Waals surface area contributed by atoms with E-state index in [1.807, 2.05) is 0 Å². The summed E-state index contributed by atoms with van der Waals surface area (Å²) < 4.78 is 4.78. The van der Waals surface area contributed by atoms with Gasteiger partial charge in [0, 0.05) is 19.4 Å². The molecule has 0 bridgehead atoms. The summed E-state index contributed by atoms with van der Waals surface area (Å²) in [5.74, 6) is 0.222. The fourth-order valence-corrected chi connectivity index (χ4v) is 2.44. The van der Waals surface area contributed by atoms with Crippen molar-refractivity contribution in [3.63, 3.8) is 0 Å². The Morgan fingerprint density at radius 2 is 2.00 bits per heavy atom. The summed E-state index contributed by atoms with van der Waals surface area (Å²) in [4.78, 5) is 36.6. The van der Waals surface area contributed by atoms with Crippen LogP contribution in [-0.4, -0.2) is 42.3 Å². The minimum absolute atomic E-state index is 0.0606. The van der Waals surface area contributed by atoms with Gasteiger partial charge in [0.2, 0.25) is 5.91 Å². The third-order valence-corrected chi connectivity index (χ3v) is 3.78. The molecule has 114 valence electrons. The van der Waals surface area contributed by atoms with Crippen molar-refractivity contribution >= 4 is 17.7 Å². The molecule has 1 aliphatic heterocycles. The zero-order valence-corrected chi connectivity index (χ0v) is 12.5. The second-order valence-corrected chi connectivity index (χ2v) is 5.26. The van der Waals surface area contributed by atoms with Crippen LogP contribution in [0.25, 0.3) is 0 Å². The lowest BCUT2D eigenvalue weighted by Crippen LogP contribution is -2.35. The molecule has 0 radical (unpaired) electrons. The summed E-state index contributed by atoms with van der Waals surface area (Å²) in [7, 11) is 0. The molecular formula is C15H25NO4. The monoisotopic (exact) mass is 283 g/mol. The quantitative estimate of drug-likeness (QED) is 0.670. The second kappa shape index (κ2) is 8.72. The molecule has 1 atom stereocenters. The Kier molecular flexibility index (Phi) is 7.26. The standard InChI is InChI=1S/C15H25NO4/c1-3-12-5-7-14(18)16(10-9-12)11-13(17)6-8-15(19)20-4-2/h12H,3-11H2,1-2H3. The number of carbonyl (C=O) groups excluding carboxylic acids is 3. The van der Waals surface area contributed by atoms with Crippen molar-refractivity contribution in [2.45, 2.75) is 52.4 Å². The van der Waals surface area contributed by atoms with Crippen LogP contribution in [0.4, 0.5) is 0 Å². The fourth-order valence-electron chi connectivity index (χ4n) is 2.44. The molecule has 0 N–H and O–H groups in total. The first-order chi connectivity index (χ1) is 9.56. The Morgan fingerprint density at radius 1 is 1.25 bits per heavy atom. The number of likely N-dealkylation sites (tertiary alicyclic amines) is 1. The van der Waals surface area contributed by atoms with Crippen molar-refractivity contribution in [2.24, 2.45) is 5.92 Å². The van der Waals surface area contributed by atoms with Crippen molar-refractivity contribution < 1.29 is 19.1 Å². The summed E-state index contributed by atoms with van der Waals surface area (Å²) in [5.41, 5.74) is 0. The van der Waals surface area contributed by atoms with E-state index in [0.29, 0.717) is 25.5 Å². The maximum atomic E-state index is 11.9. The zero-order valence-electron chi connectivity index (χ0n) is 12.5. The SMILES string of the molecule is CCOC(=O)CCC(=O)CN1CCC(CC)CCC1=O. The van der Waals surface area contributed by atoms with Crippen LogP contribution >= 0.6 is 0 Å². The highest BCUT2D eigenvalue weighted by Crippen LogP contribution is 2.20. The lowest BCUT2D eigenvalue weighted by atomic mass is 9.98. The van der Waals surface area contributed by atoms with E-state index in [2.05, 4.69) is 6.92 Å². The van der Waals surface area contributed by atoms with Gasteiger partial charge in [-0.15, -0.1) is 0 Å². The van der Waals surface area contributed by atoms with Gasteiger partial charge in [-0.3, -0.25) is 14.4 Å². The second-order valence-electron chi connectivity index (χ2n) is 5.26. The Morgan fingerprint density at radius 3 is 2.65 bits per heavy atom. The maximum Gasteiger partial charge on any atom is 0.306 e. The number of Topliss-reactive ketones (excluding diaryl/α,β-unsaturated/α-hetero) is 1. The summed E-state index contributed by atoms with van der Waals surface area (Å²) in [6.45, 7) is 4.99. The molecule has 1 aliphatic rings. The third-order valence-electron chi connectivity index (χ3n) is 3.78. The highest BCUT2D eigenvalue weighted by atomic mass is 16.5. The molecular weight excluding hydrogens is 258 g/mol. The van der Waals surface area contributed by atoms with E-state index in [0.717, 1.165) is 19.3 Å². The third kappa shape index (κ3) is 5.72. The number of hydrogen-bond donors (Lipinski definition) is 0. The van der Waals surface area contributed by atoms with Crippen LogP contribution in [0.3, 0.4) is 0 Å². The van der Waals surface area contributed by atoms with Gasteiger partial charge in [0.1, 0.15) is 0 Å². The molecule has 0 aliphatic carbocycles. The number of carbonyl (C=O) groups is 3. The first-order valence-corrected chi connectivity index (χ1v) is 7.51. The summed E-state index contributed by atoms with van der Waals surface area (Å²) in [6, 6.07) is 0. The van der Waals surface area contributed by atoms with Crippen LogP contribution in [0.2, 0.25) is 0 Å². The number of rotatable bonds is 7. The van der Waals surface area contributed by atoms with Crippen molar-refractivity contribution in [1.82, 2.24) is 4.90 Å². The summed E-state index contributed by atoms with van der Waals surface area (Å²) in [6.07, 6.45) is 3.75. The number of ether oxygens (including phenoxy) is 1. The Balaban J connectivity index is 2.36. The van der Waals surface area contributed by atoms with Crippen LogP contribution in [0, 0.1) is 5.92 Å². The van der Waals surface area contributed by atoms with Crippen LogP contribution < -0.4 is 0 Å². The van der Waals surface area contributed by atoms with Gasteiger partial charge in [0.05, 0.1) is 19.6 Å². The zero-order chi connectivity index (χ0) is 15.0. The largest absolute Gasteiger partial charge is 0.466 e. The van der Waals surface area contributed by atoms with Crippen molar-refractivity contribution in [3.05, 3.63) is 0 Å². The molecule has 1 saturated heterocycles. The minimum Gasteiger partial charge on any atom is -0.466 e. The van der Waals surface area contributed by atoms with Crippen molar-refractivity contribution in [2.75, 3.05) is 19.7 Å². The lowest BCUT2D eigenvalue weighted by Gasteiger charge is -2.19. The van der Waals surface area contributed by atoms with E-state index in [4.69, 9.17) is 4.74 Å². The van der Waals surface area contributed by atoms with Crippen molar-refractivity contribution in [1.29, 1.82) is 0 Å². The van der Waals surface area contributed by atoms with Crippen LogP contribution in [-0.2, 0) is 19.1 Å². The number of nitrogens with zero attached hydrogens (tertiary/aromatic N) is 1. The molecule has 0 saturated carbocycles. The van der Waals surface area contributed by atoms with Crippen LogP contribution in [0.5, 0.6) is 0 Å². The van der Waals surface area contributed by atoms with Gasteiger partial charge in [-0.05, 0) is 25.7 Å². The van der Waals surface area contributed by atoms with E-state index in [9.17, 15) is 14.4 Å². The Hall–Kier alpha value is -1.39. The molecule has 1 heterocycles. The molecule has 5 nitrogen and oxygen atoms in total. The van der Waals surface area contributed by atoms with E-state index in [1.165, 1.54) is 0 Å². The Labute approximate surface area is 120 Å². The van der Waals surface area contributed by atoms with Crippen LogP contribution in [0.15, 0.2) is 0 Å². The van der Waals surface area contributed by atoms with Gasteiger partial charge in [0.15, 0.2) is 5.78 Å². The average molecular weight is 283 g/mol. The molecule has 5 heteroatoms. The first kappa shape index (κ1) is 16.7. The summed E-state index contributed by atoms with van der Waals surface area (Å²) in [5, 5.41) is 0. The molecule has 0 aromatic heterocycles. The number of ketones is 1. The lowest BCUT2D eigenvalue weighted by molar-refractivity contribution is -0.144. The highest BCUT2D eigenvalue weighted by Gasteiger charge is 2.23. The molecule has 1 rings (SSSR count). The minimum atomic E-state index is -0.353. The topological polar surface area (TPSA) is 63.7 Å². The van der Waals surface area contributed by atoms with Gasteiger partial charge in [-0.2, -0.15) is 0 Å². The van der Waals surface area contributed by atoms with Crippen molar-refractivity contribution in [3.8, 4) is 0 Å². The molecule has 0 spiro atoms. The van der Waals surface area contributed by atoms with Gasteiger partial charge in [0.25, 0.3) is 0 Å². The average Bonchev–Trinajstić information content (AvgIpc) is 2.60. The van der Waals surface area contributed by atoms with Crippen LogP contribution in [0.1, 0.15) is 52.4 Å². The maximum absolute atomic E-state index is 11.9. The fraction of sp³-hybridized carbons (Fsp3) is 0.800. The molecule has 1 unspecified atom stereocenters. The van der Waals surface area contributed by atoms with E-state index < -0.39 is 0 Å². The molecule has 1 amide bonds. The van der Waals surface area contributed by atoms with Gasteiger partial charge in [-0.25, -0.2) is 0 Å². The molecule has 0 aromatic rings. The number of amides is 1. The number of esters is 1. The summed E-state index contributed by atoms with van der Waals surface area (Å²) >= 11 is 0. The van der Waals surface area contributed by atoms with E-state index >= 15 is 0 Å². The van der Waals surface area contributed by atoms with Gasteiger partial charge >= 0.3 is 5.97 Å². The van der Waals surface area contributed by atoms with E-state index in [1.54, 1.807) is 11.8 Å². The molecule has 1 fully saturated rings. The first-order valence-electron chi connectivity index (χ1n) is 7.51. The molecule has 0 aromatic carbocycles. The van der Waals surface area contributed by atoms with Gasteiger partial charge in [-0.1, -0.05) is 13.3 Å². The normalized spacial score (nSPS) is 19.6. The molecule has 20 heavy (non-hydrogen) atoms. The highest BCUT2D eigenvalue weighted by molar-refractivity contribution is 5.88. The van der Waals surface area contributed by atoms with E-state index in [-0.39, 0.29) is 37.0 Å². The predicted octanol–water partition coefficient (Wildman–Crippen LogP) is 1.94.